The topological polar surface area (TPSA) is 165 Å². The van der Waals surface area contributed by atoms with Gasteiger partial charge in [0.25, 0.3) is 0 Å². The molecule has 3 rings (SSSR count). The van der Waals surface area contributed by atoms with E-state index in [9.17, 15) is 14.2 Å². The number of phosphoric acid groups is 1. The van der Waals surface area contributed by atoms with Gasteiger partial charge < -0.3 is 33.5 Å². The van der Waals surface area contributed by atoms with Gasteiger partial charge in [-0.15, -0.1) is 0 Å². The number of rotatable bonds is 10. The maximum Gasteiger partial charge on any atom is 0.472 e. The van der Waals surface area contributed by atoms with Crippen molar-refractivity contribution in [3.63, 3.8) is 0 Å². The third-order valence-electron chi connectivity index (χ3n) is 7.03. The molecule has 3 saturated heterocycles. The van der Waals surface area contributed by atoms with Crippen LogP contribution in [0, 0.1) is 6.57 Å². The Balaban J connectivity index is 0. The predicted octanol–water partition coefficient (Wildman–Crippen LogP) is 4.40. The number of phosphoric ester groups is 1. The van der Waals surface area contributed by atoms with Crippen LogP contribution in [0.2, 0.25) is 18.1 Å². The van der Waals surface area contributed by atoms with Crippen molar-refractivity contribution in [2.75, 3.05) is 40.5 Å². The molecule has 0 aliphatic carbocycles. The summed E-state index contributed by atoms with van der Waals surface area (Å²) in [5.74, 6) is 0. The first kappa shape index (κ1) is 48.0. The molecule has 0 aromatic rings. The van der Waals surface area contributed by atoms with E-state index in [1.165, 1.54) is 7.05 Å². The van der Waals surface area contributed by atoms with Crippen LogP contribution in [0.25, 0.3) is 4.85 Å². The van der Waals surface area contributed by atoms with Crippen molar-refractivity contribution in [3.05, 3.63) is 11.4 Å². The number of fused-ring (bicyclic) bond motifs is 1. The van der Waals surface area contributed by atoms with Gasteiger partial charge in [-0.05, 0) is 25.2 Å². The summed E-state index contributed by atoms with van der Waals surface area (Å²) in [6, 6.07) is -1.56. The Hall–Kier alpha value is -0.143. The number of aliphatic hydroxyl groups is 1. The van der Waals surface area contributed by atoms with E-state index in [4.69, 9.17) is 54.8 Å². The lowest BCUT2D eigenvalue weighted by Gasteiger charge is -2.40. The van der Waals surface area contributed by atoms with Crippen LogP contribution in [0.5, 0.6) is 0 Å². The first-order chi connectivity index (χ1) is 21.4. The standard InChI is InChI=1S/C16H32BN2O6PSi.C5H8BO6P.3C2H6/c1-16(2,3)27(7,8)25-14-13(21-6)12(24-15(14)17)11-23-26(20,19-5)22-10-9-18-4;6-5-3(7)4-2(11-5)1-10-13(8,9)12-4;3*1-2/h12-15H,9-11H2,1-3,5-8H3,(H,19,20);2-5,7H,1H2,(H,8,9);3*1-2H3/t12-,13?,14+,15-,26?;2-,3+,4?,5-;;;/m11.../s1. The molecule has 4 unspecified atom stereocenters. The highest BCUT2D eigenvalue weighted by Crippen LogP contribution is 2.51. The third-order valence-corrected chi connectivity index (χ3v) is 14.0. The molecular formula is C27H58B2N2O12P2Si. The zero-order valence-corrected chi connectivity index (χ0v) is 32.7. The largest absolute Gasteiger partial charge is 0.472 e. The van der Waals surface area contributed by atoms with E-state index in [0.717, 1.165) is 0 Å². The first-order valence-electron chi connectivity index (χ1n) is 15.7. The fourth-order valence-corrected chi connectivity index (χ4v) is 7.02. The monoisotopic (exact) mass is 714 g/mol. The molecule has 14 nitrogen and oxygen atoms in total. The molecule has 3 heterocycles. The second-order valence-electron chi connectivity index (χ2n) is 10.9. The summed E-state index contributed by atoms with van der Waals surface area (Å²) >= 11 is 0. The molecule has 10 atom stereocenters. The lowest BCUT2D eigenvalue weighted by Crippen LogP contribution is -2.50. The van der Waals surface area contributed by atoms with Crippen LogP contribution in [0.15, 0.2) is 0 Å². The number of nitrogens with one attached hydrogen (secondary N) is 1. The van der Waals surface area contributed by atoms with Crippen molar-refractivity contribution in [2.24, 2.45) is 0 Å². The quantitative estimate of drug-likeness (QED) is 0.126. The Morgan fingerprint density at radius 1 is 1.07 bits per heavy atom. The van der Waals surface area contributed by atoms with E-state index in [0.29, 0.717) is 0 Å². The highest BCUT2D eigenvalue weighted by Gasteiger charge is 2.50. The van der Waals surface area contributed by atoms with Crippen LogP contribution in [0.4, 0.5) is 0 Å². The maximum atomic E-state index is 12.5. The zero-order chi connectivity index (χ0) is 36.5. The third kappa shape index (κ3) is 14.8. The van der Waals surface area contributed by atoms with E-state index in [1.807, 2.05) is 41.5 Å². The van der Waals surface area contributed by atoms with Crippen LogP contribution < -0.4 is 5.09 Å². The van der Waals surface area contributed by atoms with E-state index in [2.05, 4.69) is 52.8 Å². The number of aliphatic hydroxyl groups excluding tert-OH is 1. The lowest BCUT2D eigenvalue weighted by molar-refractivity contribution is -0.0491. The fraction of sp³-hybridized carbons (Fsp3) is 0.963. The highest BCUT2D eigenvalue weighted by molar-refractivity contribution is 7.51. The molecule has 4 radical (unpaired) electrons. The minimum absolute atomic E-state index is 0.0114. The van der Waals surface area contributed by atoms with Gasteiger partial charge in [0.2, 0.25) is 6.54 Å². The van der Waals surface area contributed by atoms with Gasteiger partial charge in [0.1, 0.15) is 52.8 Å². The molecule has 0 bridgehead atoms. The smallest absolute Gasteiger partial charge is 0.409 e. The van der Waals surface area contributed by atoms with Crippen LogP contribution in [0.3, 0.4) is 0 Å². The molecule has 19 heteroatoms. The summed E-state index contributed by atoms with van der Waals surface area (Å²) in [6.45, 7) is 29.4. The van der Waals surface area contributed by atoms with Crippen LogP contribution in [-0.4, -0.2) is 123 Å². The van der Waals surface area contributed by atoms with Gasteiger partial charge in [-0.3, -0.25) is 18.1 Å². The fourth-order valence-electron chi connectivity index (χ4n) is 3.75. The van der Waals surface area contributed by atoms with Gasteiger partial charge in [0.05, 0.1) is 19.3 Å². The summed E-state index contributed by atoms with van der Waals surface area (Å²) in [6.07, 6.45) is -3.98. The minimum atomic E-state index is -4.02. The average molecular weight is 714 g/mol. The molecule has 0 amide bonds. The minimum Gasteiger partial charge on any atom is -0.409 e. The summed E-state index contributed by atoms with van der Waals surface area (Å²) < 4.78 is 66.0. The molecule has 0 spiro atoms. The Kier molecular flexibility index (Phi) is 23.5. The van der Waals surface area contributed by atoms with Gasteiger partial charge in [-0.2, -0.15) is 0 Å². The molecule has 0 aromatic carbocycles. The van der Waals surface area contributed by atoms with Crippen molar-refractivity contribution < 1.29 is 55.9 Å². The molecule has 3 N–H and O–H groups in total. The summed E-state index contributed by atoms with van der Waals surface area (Å²) in [5, 5.41) is 11.9. The predicted molar refractivity (Wildman–Crippen MR) is 182 cm³/mol. The zero-order valence-electron chi connectivity index (χ0n) is 29.9. The van der Waals surface area contributed by atoms with Crippen LogP contribution in [0.1, 0.15) is 62.3 Å². The Labute approximate surface area is 281 Å². The molecule has 0 aromatic heterocycles. The number of hydrogen-bond donors (Lipinski definition) is 3. The van der Waals surface area contributed by atoms with E-state index < -0.39 is 72.5 Å². The number of methoxy groups -OCH3 is 1. The number of nitrogens with zero attached hydrogens (tertiary/aromatic N) is 1. The molecule has 46 heavy (non-hydrogen) atoms. The van der Waals surface area contributed by atoms with Crippen molar-refractivity contribution in [3.8, 4) is 0 Å². The van der Waals surface area contributed by atoms with Gasteiger partial charge in [-0.1, -0.05) is 62.3 Å². The molecule has 3 fully saturated rings. The highest BCUT2D eigenvalue weighted by atomic mass is 31.2. The van der Waals surface area contributed by atoms with Crippen molar-refractivity contribution in [1.82, 2.24) is 5.09 Å². The summed E-state index contributed by atoms with van der Waals surface area (Å²) in [7, 11) is 4.89. The summed E-state index contributed by atoms with van der Waals surface area (Å²) in [5.41, 5.74) is 0. The molecule has 268 valence electrons. The second kappa shape index (κ2) is 22.5. The van der Waals surface area contributed by atoms with Crippen LogP contribution >= 0.6 is 15.6 Å². The van der Waals surface area contributed by atoms with Crippen LogP contribution in [-0.2, 0) is 45.9 Å². The van der Waals surface area contributed by atoms with E-state index in [-0.39, 0.29) is 31.4 Å². The Morgan fingerprint density at radius 3 is 2.11 bits per heavy atom. The maximum absolute atomic E-state index is 12.5. The number of hydrogen-bond acceptors (Lipinski definition) is 11. The van der Waals surface area contributed by atoms with E-state index in [1.54, 1.807) is 7.11 Å². The first-order valence-corrected chi connectivity index (χ1v) is 21.6. The second-order valence-corrected chi connectivity index (χ2v) is 19.0. The van der Waals surface area contributed by atoms with Crippen molar-refractivity contribution >= 4 is 39.6 Å². The molecule has 3 aliphatic heterocycles. The summed E-state index contributed by atoms with van der Waals surface area (Å²) in [4.78, 5) is 12.1. The number of ether oxygens (including phenoxy) is 3. The average Bonchev–Trinajstić information content (AvgIpc) is 3.47. The van der Waals surface area contributed by atoms with Gasteiger partial charge in [0.15, 0.2) is 8.32 Å². The molecule has 3 aliphatic rings. The van der Waals surface area contributed by atoms with Crippen molar-refractivity contribution in [2.45, 2.75) is 129 Å². The van der Waals surface area contributed by atoms with Crippen molar-refractivity contribution in [1.29, 1.82) is 0 Å². The molecule has 0 saturated carbocycles. The van der Waals surface area contributed by atoms with Gasteiger partial charge in [0, 0.05) is 19.1 Å². The van der Waals surface area contributed by atoms with E-state index >= 15 is 0 Å². The Bertz CT molecular complexity index is 976. The Morgan fingerprint density at radius 2 is 1.63 bits per heavy atom. The van der Waals surface area contributed by atoms with Gasteiger partial charge in [-0.25, -0.2) is 20.8 Å². The SMILES string of the molecule is CC.CC.CC.[B][C@@H]1O[C@@H]2COP(=O)(O)OC2[C@@H]1O.[B][C@@H]1O[C@H](COP(=O)(NC)OCC[N+]#[C-])C(OC)[C@@H]1O[Si](C)(C)C(C)(C)C. The normalized spacial score (nSPS) is 33.1. The van der Waals surface area contributed by atoms with Gasteiger partial charge >= 0.3 is 15.6 Å². The molecular weight excluding hydrogens is 656 g/mol. The lowest BCUT2D eigenvalue weighted by atomic mass is 9.93.